The molecular formula is C8H11N3O2. The van der Waals surface area contributed by atoms with Crippen LogP contribution in [0, 0.1) is 0 Å². The lowest BCUT2D eigenvalue weighted by Gasteiger charge is -2.18. The maximum absolute atomic E-state index is 11.6. The molecule has 0 saturated carbocycles. The van der Waals surface area contributed by atoms with Crippen molar-refractivity contribution in [2.24, 2.45) is 0 Å². The Kier molecular flexibility index (Phi) is 1.63. The van der Waals surface area contributed by atoms with Gasteiger partial charge in [-0.05, 0) is 0 Å². The molecule has 70 valence electrons. The van der Waals surface area contributed by atoms with Crippen LogP contribution < -0.4 is 0 Å². The summed E-state index contributed by atoms with van der Waals surface area (Å²) in [4.78, 5) is 19.6. The molecule has 5 heteroatoms. The number of amides is 1. The van der Waals surface area contributed by atoms with E-state index in [0.29, 0.717) is 18.7 Å². The zero-order chi connectivity index (χ0) is 9.47. The van der Waals surface area contributed by atoms with E-state index in [4.69, 9.17) is 0 Å². The minimum atomic E-state index is -1.38. The quantitative estimate of drug-likeness (QED) is 0.611. The number of aromatic amines is 1. The van der Waals surface area contributed by atoms with E-state index < -0.39 is 5.60 Å². The molecule has 0 aliphatic carbocycles. The lowest BCUT2D eigenvalue weighted by molar-refractivity contribution is -0.143. The van der Waals surface area contributed by atoms with E-state index in [-0.39, 0.29) is 5.91 Å². The van der Waals surface area contributed by atoms with E-state index in [1.54, 1.807) is 7.05 Å². The zero-order valence-electron chi connectivity index (χ0n) is 7.32. The first-order valence-electron chi connectivity index (χ1n) is 4.11. The van der Waals surface area contributed by atoms with Crippen molar-refractivity contribution < 1.29 is 9.90 Å². The third-order valence-electron chi connectivity index (χ3n) is 2.45. The molecule has 0 bridgehead atoms. The molecule has 1 unspecified atom stereocenters. The van der Waals surface area contributed by atoms with E-state index in [2.05, 4.69) is 9.97 Å². The van der Waals surface area contributed by atoms with Crippen molar-refractivity contribution in [3.8, 4) is 0 Å². The molecule has 1 atom stereocenters. The molecule has 13 heavy (non-hydrogen) atoms. The Morgan fingerprint density at radius 1 is 1.77 bits per heavy atom. The summed E-state index contributed by atoms with van der Waals surface area (Å²) in [7, 11) is 1.68. The van der Waals surface area contributed by atoms with Crippen LogP contribution in [0.5, 0.6) is 0 Å². The lowest BCUT2D eigenvalue weighted by atomic mass is 9.99. The minimum Gasteiger partial charge on any atom is -0.374 e. The SMILES string of the molecule is CN1CCC(O)(c2cnc[nH]2)C1=O. The molecule has 1 fully saturated rings. The van der Waals surface area contributed by atoms with Gasteiger partial charge in [-0.1, -0.05) is 0 Å². The number of hydrogen-bond donors (Lipinski definition) is 2. The van der Waals surface area contributed by atoms with Gasteiger partial charge in [-0.3, -0.25) is 4.79 Å². The monoisotopic (exact) mass is 181 g/mol. The van der Waals surface area contributed by atoms with Crippen molar-refractivity contribution in [3.05, 3.63) is 18.2 Å². The number of imidazole rings is 1. The molecule has 0 aromatic carbocycles. The van der Waals surface area contributed by atoms with Crippen LogP contribution in [0.1, 0.15) is 12.1 Å². The second-order valence-corrected chi connectivity index (χ2v) is 3.30. The molecule has 2 heterocycles. The number of carbonyl (C=O) groups is 1. The van der Waals surface area contributed by atoms with Crippen LogP contribution in [0.4, 0.5) is 0 Å². The molecule has 1 aliphatic heterocycles. The second kappa shape index (κ2) is 2.56. The van der Waals surface area contributed by atoms with Crippen LogP contribution in [0.2, 0.25) is 0 Å². The van der Waals surface area contributed by atoms with Crippen molar-refractivity contribution in [3.63, 3.8) is 0 Å². The van der Waals surface area contributed by atoms with Crippen LogP contribution >= 0.6 is 0 Å². The summed E-state index contributed by atoms with van der Waals surface area (Å²) in [5, 5.41) is 10.0. The number of nitrogens with one attached hydrogen (secondary N) is 1. The summed E-state index contributed by atoms with van der Waals surface area (Å²) in [5.74, 6) is -0.267. The van der Waals surface area contributed by atoms with Gasteiger partial charge < -0.3 is 15.0 Å². The highest BCUT2D eigenvalue weighted by atomic mass is 16.3. The first-order valence-corrected chi connectivity index (χ1v) is 4.11. The number of aliphatic hydroxyl groups is 1. The molecule has 1 aromatic rings. The predicted octanol–water partition coefficient (Wildman–Crippen LogP) is -0.541. The van der Waals surface area contributed by atoms with Crippen LogP contribution in [0.15, 0.2) is 12.5 Å². The number of likely N-dealkylation sites (tertiary alicyclic amines) is 1. The summed E-state index contributed by atoms with van der Waals surface area (Å²) < 4.78 is 0. The van der Waals surface area contributed by atoms with E-state index >= 15 is 0 Å². The van der Waals surface area contributed by atoms with Gasteiger partial charge in [0.2, 0.25) is 0 Å². The van der Waals surface area contributed by atoms with Crippen molar-refractivity contribution in [2.45, 2.75) is 12.0 Å². The van der Waals surface area contributed by atoms with Crippen LogP contribution in [-0.4, -0.2) is 39.5 Å². The predicted molar refractivity (Wildman–Crippen MR) is 44.7 cm³/mol. The topological polar surface area (TPSA) is 69.2 Å². The number of rotatable bonds is 1. The standard InChI is InChI=1S/C8H11N3O2/c1-11-3-2-8(13,7(11)12)6-4-9-5-10-6/h4-5,13H,2-3H2,1H3,(H,9,10). The molecule has 5 nitrogen and oxygen atoms in total. The van der Waals surface area contributed by atoms with E-state index in [9.17, 15) is 9.90 Å². The maximum Gasteiger partial charge on any atom is 0.260 e. The van der Waals surface area contributed by atoms with Gasteiger partial charge in [0, 0.05) is 20.0 Å². The Balaban J connectivity index is 2.37. The van der Waals surface area contributed by atoms with Gasteiger partial charge in [0.25, 0.3) is 5.91 Å². The molecule has 0 spiro atoms. The van der Waals surface area contributed by atoms with Crippen molar-refractivity contribution in [2.75, 3.05) is 13.6 Å². The lowest BCUT2D eigenvalue weighted by Crippen LogP contribution is -2.36. The molecule has 1 amide bonds. The highest BCUT2D eigenvalue weighted by Crippen LogP contribution is 2.30. The van der Waals surface area contributed by atoms with Crippen LogP contribution in [0.3, 0.4) is 0 Å². The van der Waals surface area contributed by atoms with Gasteiger partial charge >= 0.3 is 0 Å². The normalized spacial score (nSPS) is 28.5. The van der Waals surface area contributed by atoms with Crippen LogP contribution in [-0.2, 0) is 10.4 Å². The van der Waals surface area contributed by atoms with Gasteiger partial charge in [-0.2, -0.15) is 0 Å². The Morgan fingerprint density at radius 3 is 3.00 bits per heavy atom. The number of H-pyrrole nitrogens is 1. The summed E-state index contributed by atoms with van der Waals surface area (Å²) in [6.45, 7) is 0.578. The van der Waals surface area contributed by atoms with Crippen molar-refractivity contribution >= 4 is 5.91 Å². The number of likely N-dealkylation sites (N-methyl/N-ethyl adjacent to an activating group) is 1. The Bertz CT molecular complexity index is 322. The fourth-order valence-electron chi connectivity index (χ4n) is 1.59. The Morgan fingerprint density at radius 2 is 2.54 bits per heavy atom. The van der Waals surface area contributed by atoms with Crippen molar-refractivity contribution in [1.82, 2.24) is 14.9 Å². The highest BCUT2D eigenvalue weighted by Gasteiger charge is 2.46. The van der Waals surface area contributed by atoms with E-state index in [1.807, 2.05) is 0 Å². The Hall–Kier alpha value is -1.36. The molecule has 1 saturated heterocycles. The summed E-state index contributed by atoms with van der Waals surface area (Å²) in [6, 6.07) is 0. The minimum absolute atomic E-state index is 0.267. The third-order valence-corrected chi connectivity index (χ3v) is 2.45. The average molecular weight is 181 g/mol. The molecule has 2 N–H and O–H groups in total. The summed E-state index contributed by atoms with van der Waals surface area (Å²) in [6.07, 6.45) is 3.36. The van der Waals surface area contributed by atoms with Gasteiger partial charge in [-0.25, -0.2) is 4.98 Å². The fraction of sp³-hybridized carbons (Fsp3) is 0.500. The summed E-state index contributed by atoms with van der Waals surface area (Å²) >= 11 is 0. The van der Waals surface area contributed by atoms with E-state index in [1.165, 1.54) is 17.4 Å². The molecule has 1 aromatic heterocycles. The van der Waals surface area contributed by atoms with Gasteiger partial charge in [0.15, 0.2) is 5.60 Å². The number of nitrogens with zero attached hydrogens (tertiary/aromatic N) is 2. The van der Waals surface area contributed by atoms with Gasteiger partial charge in [-0.15, -0.1) is 0 Å². The zero-order valence-corrected chi connectivity index (χ0v) is 7.32. The fourth-order valence-corrected chi connectivity index (χ4v) is 1.59. The summed E-state index contributed by atoms with van der Waals surface area (Å²) in [5.41, 5.74) is -0.910. The second-order valence-electron chi connectivity index (χ2n) is 3.30. The van der Waals surface area contributed by atoms with Gasteiger partial charge in [0.05, 0.1) is 18.2 Å². The smallest absolute Gasteiger partial charge is 0.260 e. The van der Waals surface area contributed by atoms with Gasteiger partial charge in [0.1, 0.15) is 0 Å². The van der Waals surface area contributed by atoms with Crippen molar-refractivity contribution in [1.29, 1.82) is 0 Å². The largest absolute Gasteiger partial charge is 0.374 e. The third kappa shape index (κ3) is 1.04. The molecular weight excluding hydrogens is 170 g/mol. The first kappa shape index (κ1) is 8.25. The average Bonchev–Trinajstić information content (AvgIpc) is 2.71. The molecule has 0 radical (unpaired) electrons. The number of carbonyl (C=O) groups excluding carboxylic acids is 1. The molecule has 1 aliphatic rings. The highest BCUT2D eigenvalue weighted by molar-refractivity contribution is 5.87. The van der Waals surface area contributed by atoms with Crippen LogP contribution in [0.25, 0.3) is 0 Å². The number of aromatic nitrogens is 2. The maximum atomic E-state index is 11.6. The van der Waals surface area contributed by atoms with E-state index in [0.717, 1.165) is 0 Å². The molecule has 2 rings (SSSR count). The number of hydrogen-bond acceptors (Lipinski definition) is 3. The Labute approximate surface area is 75.4 Å². The first-order chi connectivity index (χ1) is 6.14.